The van der Waals surface area contributed by atoms with Gasteiger partial charge in [0.25, 0.3) is 0 Å². The summed E-state index contributed by atoms with van der Waals surface area (Å²) in [6, 6.07) is 14.5. The first kappa shape index (κ1) is 13.7. The van der Waals surface area contributed by atoms with Crippen LogP contribution >= 0.6 is 27.3 Å². The third kappa shape index (κ3) is 2.77. The second-order valence-electron chi connectivity index (χ2n) is 4.91. The monoisotopic (exact) mass is 346 g/mol. The molecular formula is C16H15BrN2S. The molecular weight excluding hydrogens is 332 g/mol. The van der Waals surface area contributed by atoms with E-state index in [4.69, 9.17) is 5.73 Å². The summed E-state index contributed by atoms with van der Waals surface area (Å²) in [4.78, 5) is 5.88. The number of nitrogens with two attached hydrogens (primary N) is 1. The van der Waals surface area contributed by atoms with Crippen molar-refractivity contribution in [3.8, 4) is 0 Å². The Bertz CT molecular complexity index is 732. The van der Waals surface area contributed by atoms with E-state index in [-0.39, 0.29) is 6.04 Å². The van der Waals surface area contributed by atoms with Crippen LogP contribution in [0, 0.1) is 6.92 Å². The smallest absolute Gasteiger partial charge is 0.0731 e. The summed E-state index contributed by atoms with van der Waals surface area (Å²) in [6.07, 6.45) is 0.761. The molecule has 0 radical (unpaired) electrons. The highest BCUT2D eigenvalue weighted by Crippen LogP contribution is 2.31. The molecule has 0 spiro atoms. The lowest BCUT2D eigenvalue weighted by atomic mass is 10.1. The number of benzene rings is 1. The quantitative estimate of drug-likeness (QED) is 0.751. The molecule has 0 saturated heterocycles. The minimum atomic E-state index is -0.00124. The fraction of sp³-hybridized carbons (Fsp3) is 0.188. The molecule has 102 valence electrons. The standard InChI is InChI=1S/C16H15BrN2S/c1-10-8-15(20-16(10)17)13(18)9-12-7-6-11-4-2-3-5-14(11)19-12/h2-8,13H,9,18H2,1H3. The van der Waals surface area contributed by atoms with Crippen molar-refractivity contribution in [2.24, 2.45) is 5.73 Å². The molecule has 2 nitrogen and oxygen atoms in total. The highest BCUT2D eigenvalue weighted by Gasteiger charge is 2.12. The van der Waals surface area contributed by atoms with E-state index in [1.807, 2.05) is 18.2 Å². The number of hydrogen-bond donors (Lipinski definition) is 1. The molecule has 0 bridgehead atoms. The minimum absolute atomic E-state index is 0.00124. The highest BCUT2D eigenvalue weighted by molar-refractivity contribution is 9.11. The van der Waals surface area contributed by atoms with Crippen molar-refractivity contribution in [1.82, 2.24) is 4.98 Å². The van der Waals surface area contributed by atoms with Gasteiger partial charge < -0.3 is 5.73 Å². The second-order valence-corrected chi connectivity index (χ2v) is 7.31. The molecule has 2 heterocycles. The number of para-hydroxylation sites is 1. The number of fused-ring (bicyclic) bond motifs is 1. The molecule has 1 unspecified atom stereocenters. The van der Waals surface area contributed by atoms with Crippen LogP contribution < -0.4 is 5.73 Å². The lowest BCUT2D eigenvalue weighted by molar-refractivity contribution is 0.722. The summed E-state index contributed by atoms with van der Waals surface area (Å²) < 4.78 is 1.16. The molecule has 4 heteroatoms. The van der Waals surface area contributed by atoms with Gasteiger partial charge in [0, 0.05) is 28.4 Å². The Balaban J connectivity index is 1.85. The van der Waals surface area contributed by atoms with Crippen LogP contribution in [0.3, 0.4) is 0 Å². The van der Waals surface area contributed by atoms with Crippen molar-refractivity contribution < 1.29 is 0 Å². The Morgan fingerprint density at radius 2 is 2.05 bits per heavy atom. The van der Waals surface area contributed by atoms with E-state index in [1.165, 1.54) is 15.8 Å². The van der Waals surface area contributed by atoms with Gasteiger partial charge in [-0.2, -0.15) is 0 Å². The van der Waals surface area contributed by atoms with E-state index in [0.717, 1.165) is 21.4 Å². The van der Waals surface area contributed by atoms with Gasteiger partial charge in [0.1, 0.15) is 0 Å². The van der Waals surface area contributed by atoms with Crippen molar-refractivity contribution in [3.63, 3.8) is 0 Å². The van der Waals surface area contributed by atoms with E-state index >= 15 is 0 Å². The van der Waals surface area contributed by atoms with Crippen LogP contribution in [0.15, 0.2) is 46.3 Å². The van der Waals surface area contributed by atoms with Gasteiger partial charge in [-0.3, -0.25) is 4.98 Å². The number of rotatable bonds is 3. The topological polar surface area (TPSA) is 38.9 Å². The second kappa shape index (κ2) is 5.64. The van der Waals surface area contributed by atoms with Crippen LogP contribution in [-0.2, 0) is 6.42 Å². The van der Waals surface area contributed by atoms with Crippen LogP contribution in [0.4, 0.5) is 0 Å². The zero-order valence-corrected chi connectivity index (χ0v) is 13.5. The summed E-state index contributed by atoms with van der Waals surface area (Å²) in [5.41, 5.74) is 9.61. The average molecular weight is 347 g/mol. The molecule has 0 fully saturated rings. The highest BCUT2D eigenvalue weighted by atomic mass is 79.9. The summed E-state index contributed by atoms with van der Waals surface area (Å²) in [5, 5.41) is 1.17. The molecule has 0 aliphatic carbocycles. The van der Waals surface area contributed by atoms with Crippen LogP contribution in [0.25, 0.3) is 10.9 Å². The van der Waals surface area contributed by atoms with E-state index in [1.54, 1.807) is 11.3 Å². The van der Waals surface area contributed by atoms with Crippen LogP contribution in [0.1, 0.15) is 22.2 Å². The predicted molar refractivity (Wildman–Crippen MR) is 89.1 cm³/mol. The number of aryl methyl sites for hydroxylation is 1. The van der Waals surface area contributed by atoms with Crippen LogP contribution in [0.2, 0.25) is 0 Å². The van der Waals surface area contributed by atoms with Crippen LogP contribution in [0.5, 0.6) is 0 Å². The molecule has 20 heavy (non-hydrogen) atoms. The SMILES string of the molecule is Cc1cc(C(N)Cc2ccc3ccccc3n2)sc1Br. The fourth-order valence-electron chi connectivity index (χ4n) is 2.21. The third-order valence-electron chi connectivity index (χ3n) is 3.33. The predicted octanol–water partition coefficient (Wildman–Crippen LogP) is 4.61. The summed E-state index contributed by atoms with van der Waals surface area (Å²) in [5.74, 6) is 0. The lowest BCUT2D eigenvalue weighted by Gasteiger charge is -2.09. The average Bonchev–Trinajstić information content (AvgIpc) is 2.79. The molecule has 2 N–H and O–H groups in total. The molecule has 3 aromatic rings. The zero-order valence-electron chi connectivity index (χ0n) is 11.1. The van der Waals surface area contributed by atoms with Gasteiger partial charge in [-0.05, 0) is 46.6 Å². The molecule has 0 amide bonds. The number of halogens is 1. The third-order valence-corrected chi connectivity index (χ3v) is 5.60. The van der Waals surface area contributed by atoms with Crippen molar-refractivity contribution in [1.29, 1.82) is 0 Å². The van der Waals surface area contributed by atoms with E-state index in [0.29, 0.717) is 0 Å². The molecule has 0 aliphatic rings. The number of nitrogens with zero attached hydrogens (tertiary/aromatic N) is 1. The van der Waals surface area contributed by atoms with Crippen molar-refractivity contribution >= 4 is 38.2 Å². The Labute approximate surface area is 130 Å². The van der Waals surface area contributed by atoms with Gasteiger partial charge in [-0.1, -0.05) is 24.3 Å². The van der Waals surface area contributed by atoms with Gasteiger partial charge in [-0.25, -0.2) is 0 Å². The van der Waals surface area contributed by atoms with Gasteiger partial charge in [0.05, 0.1) is 9.30 Å². The van der Waals surface area contributed by atoms with Gasteiger partial charge >= 0.3 is 0 Å². The summed E-state index contributed by atoms with van der Waals surface area (Å²) in [6.45, 7) is 2.09. The molecule has 0 saturated carbocycles. The first-order chi connectivity index (χ1) is 9.63. The molecule has 1 aromatic carbocycles. The largest absolute Gasteiger partial charge is 0.323 e. The van der Waals surface area contributed by atoms with Crippen LogP contribution in [-0.4, -0.2) is 4.98 Å². The normalized spacial score (nSPS) is 12.8. The maximum Gasteiger partial charge on any atom is 0.0731 e. The molecule has 3 rings (SSSR count). The first-order valence-electron chi connectivity index (χ1n) is 6.49. The fourth-order valence-corrected chi connectivity index (χ4v) is 3.79. The number of pyridine rings is 1. The number of aromatic nitrogens is 1. The molecule has 2 aromatic heterocycles. The summed E-state index contributed by atoms with van der Waals surface area (Å²) in [7, 11) is 0. The maximum atomic E-state index is 6.30. The minimum Gasteiger partial charge on any atom is -0.323 e. The van der Waals surface area contributed by atoms with Gasteiger partial charge in [0.2, 0.25) is 0 Å². The van der Waals surface area contributed by atoms with Gasteiger partial charge in [-0.15, -0.1) is 11.3 Å². The number of thiophene rings is 1. The Morgan fingerprint density at radius 3 is 2.80 bits per heavy atom. The van der Waals surface area contributed by atoms with E-state index in [9.17, 15) is 0 Å². The van der Waals surface area contributed by atoms with Crippen molar-refractivity contribution in [3.05, 3.63) is 62.4 Å². The first-order valence-corrected chi connectivity index (χ1v) is 8.10. The molecule has 0 aliphatic heterocycles. The lowest BCUT2D eigenvalue weighted by Crippen LogP contribution is -2.12. The van der Waals surface area contributed by atoms with Gasteiger partial charge in [0.15, 0.2) is 0 Å². The number of hydrogen-bond acceptors (Lipinski definition) is 3. The van der Waals surface area contributed by atoms with E-state index in [2.05, 4.69) is 52.1 Å². The Hall–Kier alpha value is -1.23. The maximum absolute atomic E-state index is 6.30. The Morgan fingerprint density at radius 1 is 1.25 bits per heavy atom. The van der Waals surface area contributed by atoms with Crippen molar-refractivity contribution in [2.75, 3.05) is 0 Å². The van der Waals surface area contributed by atoms with Crippen molar-refractivity contribution in [2.45, 2.75) is 19.4 Å². The Kier molecular flexibility index (Phi) is 3.87. The summed E-state index contributed by atoms with van der Waals surface area (Å²) >= 11 is 5.26. The molecule has 1 atom stereocenters. The van der Waals surface area contributed by atoms with E-state index < -0.39 is 0 Å². The zero-order chi connectivity index (χ0) is 14.1.